The van der Waals surface area contributed by atoms with Gasteiger partial charge >= 0.3 is 0 Å². The van der Waals surface area contributed by atoms with Crippen LogP contribution in [0.2, 0.25) is 5.02 Å². The van der Waals surface area contributed by atoms with Crippen LogP contribution in [-0.4, -0.2) is 28.2 Å². The Morgan fingerprint density at radius 2 is 2.03 bits per heavy atom. The quantitative estimate of drug-likeness (QED) is 0.377. The van der Waals surface area contributed by atoms with Gasteiger partial charge in [0.1, 0.15) is 17.3 Å². The molecule has 180 valence electrons. The van der Waals surface area contributed by atoms with Crippen LogP contribution in [0.4, 0.5) is 4.39 Å². The fraction of sp³-hybridized carbons (Fsp3) is 0.333. The number of aliphatic imine (C=N–C) groups is 1. The Labute approximate surface area is 206 Å². The molecule has 0 radical (unpaired) electrons. The lowest BCUT2D eigenvalue weighted by Crippen LogP contribution is -2.22. The number of fused-ring (bicyclic) bond motifs is 1. The minimum Gasteiger partial charge on any atom is -0.365 e. The van der Waals surface area contributed by atoms with Gasteiger partial charge in [0.15, 0.2) is 0 Å². The van der Waals surface area contributed by atoms with Crippen LogP contribution in [0.15, 0.2) is 71.6 Å². The van der Waals surface area contributed by atoms with Crippen LogP contribution in [-0.2, 0) is 6.54 Å². The number of imidazole rings is 1. The topological polar surface area (TPSA) is 53.7 Å². The number of benzene rings is 1. The van der Waals surface area contributed by atoms with E-state index in [-0.39, 0.29) is 5.82 Å². The molecule has 0 saturated carbocycles. The Hall–Kier alpha value is -2.96. The van der Waals surface area contributed by atoms with Gasteiger partial charge in [-0.25, -0.2) is 14.4 Å². The Morgan fingerprint density at radius 3 is 2.71 bits per heavy atom. The monoisotopic (exact) mass is 481 g/mol. The van der Waals surface area contributed by atoms with Crippen LogP contribution in [0.5, 0.6) is 0 Å². The van der Waals surface area contributed by atoms with Gasteiger partial charge in [0.25, 0.3) is 0 Å². The first-order valence-corrected chi connectivity index (χ1v) is 12.1. The van der Waals surface area contributed by atoms with Crippen LogP contribution in [0.3, 0.4) is 0 Å². The van der Waals surface area contributed by atoms with Gasteiger partial charge in [-0.1, -0.05) is 44.0 Å². The Kier molecular flexibility index (Phi) is 9.42. The van der Waals surface area contributed by atoms with Crippen molar-refractivity contribution in [2.75, 3.05) is 6.54 Å². The Balaban J connectivity index is 0.00000103. The van der Waals surface area contributed by atoms with E-state index in [0.717, 1.165) is 29.1 Å². The van der Waals surface area contributed by atoms with Crippen molar-refractivity contribution in [3.8, 4) is 11.3 Å². The SMILES string of the molecule is C=C(/N=C\C=C(/C)C1CCCN1)NCc1c(-c2ccc(F)cc2)nc2ccc(Cl)cn12.CCC. The molecule has 5 nitrogen and oxygen atoms in total. The number of nitrogens with zero attached hydrogens (tertiary/aromatic N) is 3. The highest BCUT2D eigenvalue weighted by Crippen LogP contribution is 2.26. The lowest BCUT2D eigenvalue weighted by molar-refractivity contribution is 0.628. The third-order valence-electron chi connectivity index (χ3n) is 5.44. The second kappa shape index (κ2) is 12.5. The highest BCUT2D eigenvalue weighted by atomic mass is 35.5. The molecule has 2 aromatic heterocycles. The van der Waals surface area contributed by atoms with Crippen molar-refractivity contribution in [2.24, 2.45) is 4.99 Å². The Morgan fingerprint density at radius 1 is 1.29 bits per heavy atom. The standard InChI is InChI=1S/C24H25ClFN5.C3H8/c1-16(21-4-3-12-28-21)11-13-27-17(2)29-14-22-24(18-5-8-20(26)9-6-18)30-23-10-7-19(25)15-31(22)23;1-3-2/h5-11,13,15,21,28-29H,2-4,12,14H2,1H3;3H2,1-2H3/b16-11+,27-13-;. The van der Waals surface area contributed by atoms with Gasteiger partial charge in [-0.05, 0) is 68.8 Å². The molecule has 34 heavy (non-hydrogen) atoms. The first-order chi connectivity index (χ1) is 16.4. The second-order valence-electron chi connectivity index (χ2n) is 8.33. The molecule has 1 aliphatic rings. The summed E-state index contributed by atoms with van der Waals surface area (Å²) in [6.45, 7) is 11.9. The minimum absolute atomic E-state index is 0.283. The van der Waals surface area contributed by atoms with Crippen molar-refractivity contribution in [1.29, 1.82) is 0 Å². The van der Waals surface area contributed by atoms with Gasteiger partial charge in [-0.2, -0.15) is 0 Å². The van der Waals surface area contributed by atoms with E-state index in [0.29, 0.717) is 23.4 Å². The molecule has 0 aliphatic carbocycles. The third-order valence-corrected chi connectivity index (χ3v) is 5.66. The average molecular weight is 482 g/mol. The van der Waals surface area contributed by atoms with Crippen LogP contribution < -0.4 is 10.6 Å². The number of aromatic nitrogens is 2. The number of pyridine rings is 1. The molecule has 0 spiro atoms. The van der Waals surface area contributed by atoms with Crippen molar-refractivity contribution >= 4 is 23.5 Å². The predicted octanol–water partition coefficient (Wildman–Crippen LogP) is 6.54. The van der Waals surface area contributed by atoms with Gasteiger partial charge in [0.2, 0.25) is 0 Å². The molecule has 1 aliphatic heterocycles. The van der Waals surface area contributed by atoms with Gasteiger partial charge in [-0.3, -0.25) is 0 Å². The van der Waals surface area contributed by atoms with Crippen LogP contribution in [0.1, 0.15) is 45.7 Å². The summed E-state index contributed by atoms with van der Waals surface area (Å²) < 4.78 is 15.3. The molecule has 7 heteroatoms. The maximum absolute atomic E-state index is 13.4. The summed E-state index contributed by atoms with van der Waals surface area (Å²) in [6.07, 6.45) is 9.24. The van der Waals surface area contributed by atoms with E-state index in [9.17, 15) is 4.39 Å². The van der Waals surface area contributed by atoms with Crippen molar-refractivity contribution in [1.82, 2.24) is 20.0 Å². The molecule has 2 N–H and O–H groups in total. The lowest BCUT2D eigenvalue weighted by Gasteiger charge is -2.10. The van der Waals surface area contributed by atoms with E-state index < -0.39 is 0 Å². The second-order valence-corrected chi connectivity index (χ2v) is 8.77. The maximum Gasteiger partial charge on any atom is 0.137 e. The smallest absolute Gasteiger partial charge is 0.137 e. The third kappa shape index (κ3) is 6.78. The van der Waals surface area contributed by atoms with E-state index >= 15 is 0 Å². The maximum atomic E-state index is 13.4. The van der Waals surface area contributed by atoms with E-state index in [4.69, 9.17) is 16.6 Å². The van der Waals surface area contributed by atoms with Gasteiger partial charge in [0.05, 0.1) is 23.0 Å². The molecule has 0 amide bonds. The summed E-state index contributed by atoms with van der Waals surface area (Å²) in [5.74, 6) is 0.263. The minimum atomic E-state index is -0.283. The zero-order valence-corrected chi connectivity index (χ0v) is 20.9. The molecule has 3 aromatic rings. The normalized spacial score (nSPS) is 16.0. The molecular formula is C27H33ClFN5. The number of halogens is 2. The van der Waals surface area contributed by atoms with Gasteiger partial charge in [0, 0.05) is 24.0 Å². The number of nitrogens with one attached hydrogen (secondary N) is 2. The molecular weight excluding hydrogens is 449 g/mol. The number of rotatable bonds is 7. The zero-order chi connectivity index (χ0) is 24.5. The van der Waals surface area contributed by atoms with Gasteiger partial charge < -0.3 is 15.0 Å². The summed E-state index contributed by atoms with van der Waals surface area (Å²) in [5, 5.41) is 7.33. The van der Waals surface area contributed by atoms with Crippen molar-refractivity contribution in [3.05, 3.63) is 83.2 Å². The Bertz CT molecular complexity index is 1160. The number of hydrogen-bond acceptors (Lipinski definition) is 4. The average Bonchev–Trinajstić information content (AvgIpc) is 3.47. The molecule has 1 aromatic carbocycles. The van der Waals surface area contributed by atoms with E-state index in [1.165, 1.54) is 37.0 Å². The summed E-state index contributed by atoms with van der Waals surface area (Å²) >= 11 is 6.21. The predicted molar refractivity (Wildman–Crippen MR) is 141 cm³/mol. The van der Waals surface area contributed by atoms with E-state index in [2.05, 4.69) is 43.0 Å². The van der Waals surface area contributed by atoms with E-state index in [1.807, 2.05) is 22.7 Å². The van der Waals surface area contributed by atoms with Gasteiger partial charge in [-0.15, -0.1) is 0 Å². The molecule has 4 rings (SSSR count). The fourth-order valence-electron chi connectivity index (χ4n) is 3.74. The molecule has 0 bridgehead atoms. The van der Waals surface area contributed by atoms with Crippen molar-refractivity contribution in [3.63, 3.8) is 0 Å². The summed E-state index contributed by atoms with van der Waals surface area (Å²) in [7, 11) is 0. The summed E-state index contributed by atoms with van der Waals surface area (Å²) in [6, 6.07) is 10.4. The molecule has 1 saturated heterocycles. The van der Waals surface area contributed by atoms with Crippen LogP contribution in [0, 0.1) is 5.82 Å². The first-order valence-electron chi connectivity index (χ1n) is 11.7. The first kappa shape index (κ1) is 25.7. The number of allylic oxidation sites excluding steroid dienone is 1. The van der Waals surface area contributed by atoms with Crippen LogP contribution >= 0.6 is 11.6 Å². The highest BCUT2D eigenvalue weighted by molar-refractivity contribution is 6.30. The molecule has 1 fully saturated rings. The molecule has 3 heterocycles. The van der Waals surface area contributed by atoms with E-state index in [1.54, 1.807) is 24.4 Å². The largest absolute Gasteiger partial charge is 0.365 e. The highest BCUT2D eigenvalue weighted by Gasteiger charge is 2.15. The van der Waals surface area contributed by atoms with Crippen molar-refractivity contribution in [2.45, 2.75) is 52.6 Å². The summed E-state index contributed by atoms with van der Waals surface area (Å²) in [5.41, 5.74) is 4.51. The van der Waals surface area contributed by atoms with Crippen molar-refractivity contribution < 1.29 is 4.39 Å². The molecule has 1 atom stereocenters. The zero-order valence-electron chi connectivity index (χ0n) is 20.1. The lowest BCUT2D eigenvalue weighted by atomic mass is 10.1. The fourth-order valence-corrected chi connectivity index (χ4v) is 3.90. The number of hydrogen-bond donors (Lipinski definition) is 2. The summed E-state index contributed by atoms with van der Waals surface area (Å²) in [4.78, 5) is 9.12. The molecule has 1 unspecified atom stereocenters. The van der Waals surface area contributed by atoms with Crippen LogP contribution in [0.25, 0.3) is 16.9 Å².